The van der Waals surface area contributed by atoms with E-state index in [9.17, 15) is 4.79 Å². The summed E-state index contributed by atoms with van der Waals surface area (Å²) in [6, 6.07) is 0.465. The molecule has 0 aromatic heterocycles. The minimum Gasteiger partial charge on any atom is -0.338 e. The first-order chi connectivity index (χ1) is 8.67. The van der Waals surface area contributed by atoms with E-state index in [1.54, 1.807) is 0 Å². The Morgan fingerprint density at radius 3 is 2.33 bits per heavy atom. The van der Waals surface area contributed by atoms with Gasteiger partial charge in [0.1, 0.15) is 0 Å². The summed E-state index contributed by atoms with van der Waals surface area (Å²) < 4.78 is 0. The van der Waals surface area contributed by atoms with Crippen molar-refractivity contribution in [2.24, 2.45) is 11.1 Å². The molecule has 0 spiro atoms. The van der Waals surface area contributed by atoms with Crippen LogP contribution in [0.5, 0.6) is 0 Å². The van der Waals surface area contributed by atoms with E-state index in [-0.39, 0.29) is 5.41 Å². The Kier molecular flexibility index (Phi) is 4.66. The number of carbonyl (C=O) groups excluding carboxylic acids is 1. The summed E-state index contributed by atoms with van der Waals surface area (Å²) >= 11 is 0. The molecule has 0 heterocycles. The average Bonchev–Trinajstić information content (AvgIpc) is 2.84. The zero-order valence-electron chi connectivity index (χ0n) is 11.8. The third-order valence-electron chi connectivity index (χ3n) is 4.87. The molecule has 0 radical (unpaired) electrons. The smallest absolute Gasteiger partial charge is 0.228 e. The van der Waals surface area contributed by atoms with Crippen molar-refractivity contribution < 1.29 is 4.79 Å². The summed E-state index contributed by atoms with van der Waals surface area (Å²) in [5.41, 5.74) is 5.63. The molecule has 0 bridgehead atoms. The van der Waals surface area contributed by atoms with E-state index in [2.05, 4.69) is 11.8 Å². The molecule has 3 nitrogen and oxygen atoms in total. The van der Waals surface area contributed by atoms with E-state index in [1.165, 1.54) is 44.9 Å². The van der Waals surface area contributed by atoms with Gasteiger partial charge in [-0.3, -0.25) is 4.79 Å². The molecule has 18 heavy (non-hydrogen) atoms. The second kappa shape index (κ2) is 6.05. The summed E-state index contributed by atoms with van der Waals surface area (Å²) in [6.45, 7) is 3.51. The minimum absolute atomic E-state index is 0.0907. The van der Waals surface area contributed by atoms with Crippen molar-refractivity contribution in [3.63, 3.8) is 0 Å². The Bertz CT molecular complexity index is 278. The Hall–Kier alpha value is -0.570. The maximum atomic E-state index is 12.8. The highest BCUT2D eigenvalue weighted by Crippen LogP contribution is 2.40. The molecular formula is C15H28N2O. The van der Waals surface area contributed by atoms with E-state index in [1.807, 2.05) is 0 Å². The second-order valence-corrected chi connectivity index (χ2v) is 6.35. The summed E-state index contributed by atoms with van der Waals surface area (Å²) in [4.78, 5) is 15.0. The Morgan fingerprint density at radius 1 is 1.17 bits per heavy atom. The molecule has 104 valence electrons. The van der Waals surface area contributed by atoms with Crippen LogP contribution in [-0.4, -0.2) is 29.9 Å². The predicted octanol–water partition coefficient (Wildman–Crippen LogP) is 2.69. The molecule has 0 saturated heterocycles. The molecule has 0 aliphatic heterocycles. The van der Waals surface area contributed by atoms with Crippen LogP contribution in [0, 0.1) is 5.41 Å². The van der Waals surface area contributed by atoms with Gasteiger partial charge in [0.15, 0.2) is 0 Å². The number of nitrogens with two attached hydrogens (primary N) is 1. The lowest BCUT2D eigenvalue weighted by atomic mass is 9.85. The second-order valence-electron chi connectivity index (χ2n) is 6.35. The van der Waals surface area contributed by atoms with Crippen LogP contribution in [0.4, 0.5) is 0 Å². The first-order valence-corrected chi connectivity index (χ1v) is 7.68. The van der Waals surface area contributed by atoms with E-state index in [4.69, 9.17) is 5.73 Å². The van der Waals surface area contributed by atoms with Crippen molar-refractivity contribution in [1.29, 1.82) is 0 Å². The Labute approximate surface area is 111 Å². The third-order valence-corrected chi connectivity index (χ3v) is 4.87. The molecule has 2 aliphatic carbocycles. The lowest BCUT2D eigenvalue weighted by Gasteiger charge is -2.39. The lowest BCUT2D eigenvalue weighted by molar-refractivity contribution is -0.144. The van der Waals surface area contributed by atoms with Gasteiger partial charge in [-0.05, 0) is 25.7 Å². The van der Waals surface area contributed by atoms with Gasteiger partial charge in [0, 0.05) is 24.5 Å². The lowest BCUT2D eigenvalue weighted by Crippen LogP contribution is -2.49. The number of nitrogens with zero attached hydrogens (tertiary/aromatic N) is 1. The number of amides is 1. The number of rotatable bonds is 4. The van der Waals surface area contributed by atoms with Gasteiger partial charge in [0.2, 0.25) is 5.91 Å². The van der Waals surface area contributed by atoms with E-state index in [0.29, 0.717) is 18.5 Å². The zero-order valence-corrected chi connectivity index (χ0v) is 11.8. The van der Waals surface area contributed by atoms with Gasteiger partial charge in [0.25, 0.3) is 0 Å². The highest BCUT2D eigenvalue weighted by molar-refractivity contribution is 5.83. The summed E-state index contributed by atoms with van der Waals surface area (Å²) in [6.07, 6.45) is 10.8. The van der Waals surface area contributed by atoms with Crippen LogP contribution >= 0.6 is 0 Å². The number of carbonyl (C=O) groups is 1. The van der Waals surface area contributed by atoms with Gasteiger partial charge in [-0.2, -0.15) is 0 Å². The molecule has 2 rings (SSSR count). The topological polar surface area (TPSA) is 46.3 Å². The molecule has 2 fully saturated rings. The minimum atomic E-state index is -0.0907. The monoisotopic (exact) mass is 252 g/mol. The van der Waals surface area contributed by atoms with Crippen molar-refractivity contribution in [3.05, 3.63) is 0 Å². The summed E-state index contributed by atoms with van der Waals surface area (Å²) in [5, 5.41) is 0. The van der Waals surface area contributed by atoms with Gasteiger partial charge in [-0.15, -0.1) is 0 Å². The Balaban J connectivity index is 2.05. The van der Waals surface area contributed by atoms with Crippen LogP contribution in [0.1, 0.15) is 64.7 Å². The van der Waals surface area contributed by atoms with Crippen molar-refractivity contribution in [2.75, 3.05) is 13.1 Å². The molecule has 2 N–H and O–H groups in total. The molecule has 0 atom stereocenters. The number of hydrogen-bond donors (Lipinski definition) is 1. The largest absolute Gasteiger partial charge is 0.338 e. The molecule has 2 aliphatic rings. The van der Waals surface area contributed by atoms with Crippen molar-refractivity contribution in [2.45, 2.75) is 70.8 Å². The SMILES string of the molecule is CC1(C(=O)N(CCN)C2CCCCC2)CCCC1. The first kappa shape index (κ1) is 13.9. The molecular weight excluding hydrogens is 224 g/mol. The van der Waals surface area contributed by atoms with E-state index >= 15 is 0 Å². The molecule has 0 aromatic carbocycles. The predicted molar refractivity (Wildman–Crippen MR) is 74.2 cm³/mol. The molecule has 0 aromatic rings. The average molecular weight is 252 g/mol. The van der Waals surface area contributed by atoms with E-state index in [0.717, 1.165) is 19.4 Å². The fraction of sp³-hybridized carbons (Fsp3) is 0.933. The van der Waals surface area contributed by atoms with Crippen LogP contribution < -0.4 is 5.73 Å². The highest BCUT2D eigenvalue weighted by atomic mass is 16.2. The molecule has 3 heteroatoms. The van der Waals surface area contributed by atoms with Crippen LogP contribution in [0.3, 0.4) is 0 Å². The van der Waals surface area contributed by atoms with Gasteiger partial charge < -0.3 is 10.6 Å². The maximum Gasteiger partial charge on any atom is 0.228 e. The van der Waals surface area contributed by atoms with Crippen LogP contribution in [0.25, 0.3) is 0 Å². The number of hydrogen-bond acceptors (Lipinski definition) is 2. The third kappa shape index (κ3) is 2.87. The van der Waals surface area contributed by atoms with Crippen LogP contribution in [-0.2, 0) is 4.79 Å². The van der Waals surface area contributed by atoms with Crippen LogP contribution in [0.2, 0.25) is 0 Å². The molecule has 1 amide bonds. The summed E-state index contributed by atoms with van der Waals surface area (Å²) in [7, 11) is 0. The fourth-order valence-corrected chi connectivity index (χ4v) is 3.70. The molecule has 0 unspecified atom stereocenters. The summed E-state index contributed by atoms with van der Waals surface area (Å²) in [5.74, 6) is 0.386. The highest BCUT2D eigenvalue weighted by Gasteiger charge is 2.40. The van der Waals surface area contributed by atoms with Gasteiger partial charge in [-0.25, -0.2) is 0 Å². The van der Waals surface area contributed by atoms with E-state index < -0.39 is 0 Å². The fourth-order valence-electron chi connectivity index (χ4n) is 3.70. The van der Waals surface area contributed by atoms with Gasteiger partial charge in [-0.1, -0.05) is 39.0 Å². The molecule has 2 saturated carbocycles. The Morgan fingerprint density at radius 2 is 1.78 bits per heavy atom. The van der Waals surface area contributed by atoms with Crippen molar-refractivity contribution in [1.82, 2.24) is 4.90 Å². The first-order valence-electron chi connectivity index (χ1n) is 7.68. The normalized spacial score (nSPS) is 24.1. The van der Waals surface area contributed by atoms with Gasteiger partial charge in [0.05, 0.1) is 0 Å². The maximum absolute atomic E-state index is 12.8. The van der Waals surface area contributed by atoms with Crippen LogP contribution in [0.15, 0.2) is 0 Å². The van der Waals surface area contributed by atoms with Crippen molar-refractivity contribution >= 4 is 5.91 Å². The van der Waals surface area contributed by atoms with Gasteiger partial charge >= 0.3 is 0 Å². The quantitative estimate of drug-likeness (QED) is 0.836. The van der Waals surface area contributed by atoms with Crippen molar-refractivity contribution in [3.8, 4) is 0 Å². The zero-order chi connectivity index (χ0) is 13.0. The standard InChI is InChI=1S/C15H28N2O/c1-15(9-5-6-10-15)14(18)17(12-11-16)13-7-3-2-4-8-13/h13H,2-12,16H2,1H3.